The fourth-order valence-electron chi connectivity index (χ4n) is 2.69. The number of nitrogens with zero attached hydrogens (tertiary/aromatic N) is 3. The van der Waals surface area contributed by atoms with Gasteiger partial charge in [0.05, 0.1) is 28.7 Å². The highest BCUT2D eigenvalue weighted by atomic mass is 19.4. The van der Waals surface area contributed by atoms with Gasteiger partial charge in [-0.05, 0) is 31.0 Å². The number of amides is 1. The zero-order valence-corrected chi connectivity index (χ0v) is 15.1. The fourth-order valence-corrected chi connectivity index (χ4v) is 2.69. The molecule has 1 amide bonds. The molecule has 0 aliphatic carbocycles. The van der Waals surface area contributed by atoms with Crippen molar-refractivity contribution in [1.29, 1.82) is 0 Å². The van der Waals surface area contributed by atoms with Gasteiger partial charge in [-0.25, -0.2) is 4.68 Å². The first-order chi connectivity index (χ1) is 12.5. The van der Waals surface area contributed by atoms with Crippen LogP contribution in [0.3, 0.4) is 0 Å². The van der Waals surface area contributed by atoms with E-state index in [0.29, 0.717) is 5.69 Å². The summed E-state index contributed by atoms with van der Waals surface area (Å²) in [5, 5.41) is 13.1. The zero-order chi connectivity index (χ0) is 20.4. The fraction of sp³-hybridized carbons (Fsp3) is 0.389. The maximum Gasteiger partial charge on any atom is 0.416 e. The van der Waals surface area contributed by atoms with Gasteiger partial charge in [-0.3, -0.25) is 9.59 Å². The summed E-state index contributed by atoms with van der Waals surface area (Å²) in [4.78, 5) is 25.0. The second kappa shape index (κ2) is 7.81. The number of benzene rings is 1. The Balaban J connectivity index is 2.38. The third kappa shape index (κ3) is 4.87. The molecular formula is C18H20F3N3O3. The van der Waals surface area contributed by atoms with Crippen molar-refractivity contribution < 1.29 is 27.9 Å². The van der Waals surface area contributed by atoms with Crippen LogP contribution in [-0.4, -0.2) is 44.8 Å². The molecule has 0 bridgehead atoms. The normalized spacial score (nSPS) is 11.7. The molecule has 6 nitrogen and oxygen atoms in total. The Bertz CT molecular complexity index is 844. The molecule has 0 aliphatic rings. The van der Waals surface area contributed by atoms with Crippen LogP contribution < -0.4 is 0 Å². The van der Waals surface area contributed by atoms with Gasteiger partial charge in [-0.1, -0.05) is 19.9 Å². The molecule has 1 aromatic heterocycles. The monoisotopic (exact) mass is 383 g/mol. The first-order valence-electron chi connectivity index (χ1n) is 8.24. The number of aromatic nitrogens is 2. The lowest BCUT2D eigenvalue weighted by molar-refractivity contribution is -0.138. The first-order valence-corrected chi connectivity index (χ1v) is 8.24. The average Bonchev–Trinajstić information content (AvgIpc) is 2.93. The number of hydrogen-bond acceptors (Lipinski definition) is 3. The quantitative estimate of drug-likeness (QED) is 0.830. The molecule has 2 aromatic rings. The van der Waals surface area contributed by atoms with Gasteiger partial charge in [0.1, 0.15) is 6.54 Å². The van der Waals surface area contributed by atoms with Crippen molar-refractivity contribution >= 4 is 11.9 Å². The lowest BCUT2D eigenvalue weighted by atomic mass is 10.1. The molecule has 0 aliphatic heterocycles. The van der Waals surface area contributed by atoms with Crippen LogP contribution in [0.15, 0.2) is 30.5 Å². The summed E-state index contributed by atoms with van der Waals surface area (Å²) in [6.45, 7) is 5.02. The highest BCUT2D eigenvalue weighted by molar-refractivity contribution is 5.96. The van der Waals surface area contributed by atoms with Crippen LogP contribution in [-0.2, 0) is 11.0 Å². The summed E-state index contributed by atoms with van der Waals surface area (Å²) in [6.07, 6.45) is -3.25. The van der Waals surface area contributed by atoms with E-state index in [-0.39, 0.29) is 23.7 Å². The Labute approximate surface area is 154 Å². The molecule has 9 heteroatoms. The maximum absolute atomic E-state index is 12.9. The molecule has 2 rings (SSSR count). The highest BCUT2D eigenvalue weighted by Crippen LogP contribution is 2.30. The molecule has 27 heavy (non-hydrogen) atoms. The average molecular weight is 383 g/mol. The lowest BCUT2D eigenvalue weighted by Gasteiger charge is -2.22. The van der Waals surface area contributed by atoms with Crippen molar-refractivity contribution in [3.8, 4) is 5.69 Å². The number of halogens is 3. The predicted molar refractivity (Wildman–Crippen MR) is 91.7 cm³/mol. The van der Waals surface area contributed by atoms with Gasteiger partial charge in [0.15, 0.2) is 0 Å². The summed E-state index contributed by atoms with van der Waals surface area (Å²) in [7, 11) is 0. The summed E-state index contributed by atoms with van der Waals surface area (Å²) in [5.41, 5.74) is -0.183. The minimum Gasteiger partial charge on any atom is -0.480 e. The van der Waals surface area contributed by atoms with Gasteiger partial charge in [0.2, 0.25) is 0 Å². The smallest absolute Gasteiger partial charge is 0.416 e. The van der Waals surface area contributed by atoms with Gasteiger partial charge in [-0.15, -0.1) is 0 Å². The van der Waals surface area contributed by atoms with Crippen molar-refractivity contribution in [2.75, 3.05) is 13.1 Å². The van der Waals surface area contributed by atoms with Crippen molar-refractivity contribution in [2.24, 2.45) is 5.92 Å². The number of carboxylic acids is 1. The van der Waals surface area contributed by atoms with E-state index in [1.54, 1.807) is 6.92 Å². The molecule has 0 radical (unpaired) electrons. The molecular weight excluding hydrogens is 363 g/mol. The third-order valence-corrected chi connectivity index (χ3v) is 3.86. The maximum atomic E-state index is 12.9. The lowest BCUT2D eigenvalue weighted by Crippen LogP contribution is -2.38. The molecule has 0 fully saturated rings. The molecule has 1 N–H and O–H groups in total. The van der Waals surface area contributed by atoms with Crippen LogP contribution in [0.4, 0.5) is 13.2 Å². The topological polar surface area (TPSA) is 75.4 Å². The number of carboxylic acid groups (broad SMARTS) is 1. The van der Waals surface area contributed by atoms with E-state index in [9.17, 15) is 22.8 Å². The molecule has 1 aromatic carbocycles. The standard InChI is InChI=1S/C18H20F3N3O3/c1-11(2)9-23(10-16(25)26)17(27)15-8-22-24(12(15)3)14-6-4-5-13(7-14)18(19,20)21/h4-8,11H,9-10H2,1-3H3,(H,25,26). The van der Waals surface area contributed by atoms with E-state index < -0.39 is 30.2 Å². The summed E-state index contributed by atoms with van der Waals surface area (Å²) in [5.74, 6) is -1.62. The van der Waals surface area contributed by atoms with Gasteiger partial charge in [0, 0.05) is 6.54 Å². The van der Waals surface area contributed by atoms with E-state index in [1.807, 2.05) is 13.8 Å². The largest absolute Gasteiger partial charge is 0.480 e. The Hall–Kier alpha value is -2.84. The SMILES string of the molecule is Cc1c(C(=O)N(CC(=O)O)CC(C)C)cnn1-c1cccc(C(F)(F)F)c1. The van der Waals surface area contributed by atoms with Crippen molar-refractivity contribution in [1.82, 2.24) is 14.7 Å². The summed E-state index contributed by atoms with van der Waals surface area (Å²) >= 11 is 0. The minimum atomic E-state index is -4.49. The van der Waals surface area contributed by atoms with Gasteiger partial charge >= 0.3 is 12.1 Å². The van der Waals surface area contributed by atoms with E-state index in [1.165, 1.54) is 27.9 Å². The molecule has 0 spiro atoms. The Morgan fingerprint density at radius 2 is 1.96 bits per heavy atom. The molecule has 0 saturated carbocycles. The Kier molecular flexibility index (Phi) is 5.92. The number of hydrogen-bond donors (Lipinski definition) is 1. The molecule has 0 atom stereocenters. The van der Waals surface area contributed by atoms with Crippen molar-refractivity contribution in [3.05, 3.63) is 47.3 Å². The van der Waals surface area contributed by atoms with Crippen molar-refractivity contribution in [3.63, 3.8) is 0 Å². The number of alkyl halides is 3. The molecule has 0 unspecified atom stereocenters. The van der Waals surface area contributed by atoms with Crippen LogP contribution in [0.5, 0.6) is 0 Å². The van der Waals surface area contributed by atoms with Gasteiger partial charge < -0.3 is 10.0 Å². The van der Waals surface area contributed by atoms with E-state index in [2.05, 4.69) is 5.10 Å². The van der Waals surface area contributed by atoms with Crippen molar-refractivity contribution in [2.45, 2.75) is 26.9 Å². The molecule has 146 valence electrons. The predicted octanol–water partition coefficient (Wildman–Crippen LogP) is 3.38. The van der Waals surface area contributed by atoms with Crippen LogP contribution in [0.1, 0.15) is 35.5 Å². The molecule has 0 saturated heterocycles. The Morgan fingerprint density at radius 1 is 1.30 bits per heavy atom. The van der Waals surface area contributed by atoms with Crippen LogP contribution in [0.2, 0.25) is 0 Å². The van der Waals surface area contributed by atoms with Crippen LogP contribution in [0, 0.1) is 12.8 Å². The van der Waals surface area contributed by atoms with Gasteiger partial charge in [0.25, 0.3) is 5.91 Å². The minimum absolute atomic E-state index is 0.0483. The van der Waals surface area contributed by atoms with Crippen LogP contribution >= 0.6 is 0 Å². The zero-order valence-electron chi connectivity index (χ0n) is 15.1. The third-order valence-electron chi connectivity index (χ3n) is 3.86. The highest BCUT2D eigenvalue weighted by Gasteiger charge is 2.31. The molecule has 1 heterocycles. The number of aliphatic carboxylic acids is 1. The van der Waals surface area contributed by atoms with Gasteiger partial charge in [-0.2, -0.15) is 18.3 Å². The summed E-state index contributed by atoms with van der Waals surface area (Å²) < 4.78 is 40.0. The summed E-state index contributed by atoms with van der Waals surface area (Å²) in [6, 6.07) is 4.60. The van der Waals surface area contributed by atoms with Crippen LogP contribution in [0.25, 0.3) is 5.69 Å². The first kappa shape index (κ1) is 20.5. The van der Waals surface area contributed by atoms with E-state index in [4.69, 9.17) is 5.11 Å². The second-order valence-electron chi connectivity index (χ2n) is 6.58. The number of rotatable bonds is 6. The number of carbonyl (C=O) groups is 2. The van der Waals surface area contributed by atoms with E-state index >= 15 is 0 Å². The second-order valence-corrected chi connectivity index (χ2v) is 6.58. The number of carbonyl (C=O) groups excluding carboxylic acids is 1. The Morgan fingerprint density at radius 3 is 2.52 bits per heavy atom. The van der Waals surface area contributed by atoms with E-state index in [0.717, 1.165) is 12.1 Å².